The second-order valence-electron chi connectivity index (χ2n) is 4.98. The highest BCUT2D eigenvalue weighted by atomic mass is 35.5. The van der Waals surface area contributed by atoms with Gasteiger partial charge in [-0.25, -0.2) is 0 Å². The van der Waals surface area contributed by atoms with Gasteiger partial charge in [-0.05, 0) is 43.0 Å². The van der Waals surface area contributed by atoms with Crippen molar-refractivity contribution < 1.29 is 5.11 Å². The Kier molecular flexibility index (Phi) is 4.91. The standard InChI is InChI=1S/C14H19Cl2NO/c1-2-9-5-6-17-13(7-9)14(18)10-3-4-11(15)12(16)8-10/h3-4,8-9,13-14,17-18H,2,5-7H2,1H3. The molecule has 1 saturated heterocycles. The molecule has 1 aromatic carbocycles. The first-order valence-electron chi connectivity index (χ1n) is 6.48. The van der Waals surface area contributed by atoms with Gasteiger partial charge >= 0.3 is 0 Å². The van der Waals surface area contributed by atoms with Crippen molar-refractivity contribution in [3.05, 3.63) is 33.8 Å². The van der Waals surface area contributed by atoms with E-state index in [9.17, 15) is 5.11 Å². The molecule has 1 aliphatic heterocycles. The third kappa shape index (κ3) is 3.18. The van der Waals surface area contributed by atoms with Crippen LogP contribution in [0.4, 0.5) is 0 Å². The summed E-state index contributed by atoms with van der Waals surface area (Å²) in [5, 5.41) is 14.8. The van der Waals surface area contributed by atoms with Crippen LogP contribution < -0.4 is 5.32 Å². The first-order valence-corrected chi connectivity index (χ1v) is 7.23. The molecule has 2 rings (SSSR count). The van der Waals surface area contributed by atoms with Gasteiger partial charge in [-0.15, -0.1) is 0 Å². The van der Waals surface area contributed by atoms with E-state index in [1.807, 2.05) is 6.07 Å². The van der Waals surface area contributed by atoms with E-state index in [2.05, 4.69) is 12.2 Å². The second-order valence-corrected chi connectivity index (χ2v) is 5.79. The minimum Gasteiger partial charge on any atom is -0.387 e. The van der Waals surface area contributed by atoms with Crippen LogP contribution in [0.25, 0.3) is 0 Å². The van der Waals surface area contributed by atoms with Crippen LogP contribution >= 0.6 is 23.2 Å². The topological polar surface area (TPSA) is 32.3 Å². The smallest absolute Gasteiger partial charge is 0.0943 e. The molecule has 0 bridgehead atoms. The lowest BCUT2D eigenvalue weighted by Gasteiger charge is -2.33. The molecule has 3 atom stereocenters. The maximum atomic E-state index is 10.4. The largest absolute Gasteiger partial charge is 0.387 e. The lowest BCUT2D eigenvalue weighted by molar-refractivity contribution is 0.0979. The molecule has 1 fully saturated rings. The first kappa shape index (κ1) is 14.1. The SMILES string of the molecule is CCC1CCNC(C(O)c2ccc(Cl)c(Cl)c2)C1. The molecule has 0 radical (unpaired) electrons. The molecule has 2 N–H and O–H groups in total. The zero-order valence-electron chi connectivity index (χ0n) is 10.5. The molecular weight excluding hydrogens is 269 g/mol. The van der Waals surface area contributed by atoms with Crippen molar-refractivity contribution >= 4 is 23.2 Å². The third-order valence-electron chi connectivity index (χ3n) is 3.79. The van der Waals surface area contributed by atoms with Crippen LogP contribution in [-0.4, -0.2) is 17.7 Å². The van der Waals surface area contributed by atoms with Crippen molar-refractivity contribution in [1.29, 1.82) is 0 Å². The van der Waals surface area contributed by atoms with Crippen molar-refractivity contribution in [3.8, 4) is 0 Å². The van der Waals surface area contributed by atoms with Gasteiger partial charge in [-0.3, -0.25) is 0 Å². The number of aliphatic hydroxyl groups excluding tert-OH is 1. The summed E-state index contributed by atoms with van der Waals surface area (Å²) in [6.07, 6.45) is 2.86. The summed E-state index contributed by atoms with van der Waals surface area (Å²) >= 11 is 11.9. The van der Waals surface area contributed by atoms with Crippen molar-refractivity contribution in [1.82, 2.24) is 5.32 Å². The lowest BCUT2D eigenvalue weighted by Crippen LogP contribution is -2.42. The van der Waals surface area contributed by atoms with Crippen LogP contribution in [-0.2, 0) is 0 Å². The number of hydrogen-bond donors (Lipinski definition) is 2. The van der Waals surface area contributed by atoms with Crippen LogP contribution in [0.5, 0.6) is 0 Å². The molecule has 100 valence electrons. The van der Waals surface area contributed by atoms with Crippen molar-refractivity contribution in [3.63, 3.8) is 0 Å². The number of nitrogens with one attached hydrogen (secondary N) is 1. The Balaban J connectivity index is 2.10. The van der Waals surface area contributed by atoms with E-state index in [4.69, 9.17) is 23.2 Å². The van der Waals surface area contributed by atoms with E-state index in [0.29, 0.717) is 16.0 Å². The Morgan fingerprint density at radius 3 is 2.83 bits per heavy atom. The summed E-state index contributed by atoms with van der Waals surface area (Å²) in [4.78, 5) is 0. The molecule has 0 spiro atoms. The van der Waals surface area contributed by atoms with E-state index >= 15 is 0 Å². The van der Waals surface area contributed by atoms with Gasteiger partial charge < -0.3 is 10.4 Å². The first-order chi connectivity index (χ1) is 8.61. The highest BCUT2D eigenvalue weighted by Gasteiger charge is 2.27. The van der Waals surface area contributed by atoms with Gasteiger partial charge in [0, 0.05) is 6.04 Å². The number of hydrogen-bond acceptors (Lipinski definition) is 2. The van der Waals surface area contributed by atoms with Gasteiger partial charge in [0.05, 0.1) is 16.1 Å². The maximum absolute atomic E-state index is 10.4. The summed E-state index contributed by atoms with van der Waals surface area (Å²) in [6.45, 7) is 3.18. The summed E-state index contributed by atoms with van der Waals surface area (Å²) in [6, 6.07) is 5.45. The minimum atomic E-state index is -0.519. The monoisotopic (exact) mass is 287 g/mol. The molecule has 1 aromatic rings. The zero-order valence-corrected chi connectivity index (χ0v) is 12.0. The maximum Gasteiger partial charge on any atom is 0.0943 e. The Morgan fingerprint density at radius 2 is 2.17 bits per heavy atom. The Bertz CT molecular complexity index is 411. The molecule has 18 heavy (non-hydrogen) atoms. The fourth-order valence-corrected chi connectivity index (χ4v) is 2.88. The fraction of sp³-hybridized carbons (Fsp3) is 0.571. The Hall–Kier alpha value is -0.280. The summed E-state index contributed by atoms with van der Waals surface area (Å²) < 4.78 is 0. The number of rotatable bonds is 3. The van der Waals surface area contributed by atoms with E-state index in [-0.39, 0.29) is 6.04 Å². The molecule has 0 amide bonds. The highest BCUT2D eigenvalue weighted by Crippen LogP contribution is 2.31. The van der Waals surface area contributed by atoms with Gasteiger partial charge in [-0.2, -0.15) is 0 Å². The van der Waals surface area contributed by atoms with E-state index in [1.165, 1.54) is 12.8 Å². The van der Waals surface area contributed by atoms with E-state index in [1.54, 1.807) is 12.1 Å². The summed E-state index contributed by atoms with van der Waals surface area (Å²) in [7, 11) is 0. The van der Waals surface area contributed by atoms with Gasteiger partial charge in [-0.1, -0.05) is 42.6 Å². The molecule has 3 unspecified atom stereocenters. The van der Waals surface area contributed by atoms with Crippen LogP contribution in [0.3, 0.4) is 0 Å². The highest BCUT2D eigenvalue weighted by molar-refractivity contribution is 6.42. The third-order valence-corrected chi connectivity index (χ3v) is 4.53. The van der Waals surface area contributed by atoms with Gasteiger partial charge in [0.1, 0.15) is 0 Å². The molecule has 1 heterocycles. The quantitative estimate of drug-likeness (QED) is 0.886. The van der Waals surface area contributed by atoms with Crippen molar-refractivity contribution in [2.75, 3.05) is 6.54 Å². The molecule has 0 saturated carbocycles. The molecular formula is C14H19Cl2NO. The number of benzene rings is 1. The van der Waals surface area contributed by atoms with Crippen LogP contribution in [0.2, 0.25) is 10.0 Å². The predicted molar refractivity (Wildman–Crippen MR) is 76.2 cm³/mol. The average Bonchev–Trinajstić information content (AvgIpc) is 2.41. The van der Waals surface area contributed by atoms with Crippen LogP contribution in [0.15, 0.2) is 18.2 Å². The summed E-state index contributed by atoms with van der Waals surface area (Å²) in [5.41, 5.74) is 0.832. The van der Waals surface area contributed by atoms with Crippen LogP contribution in [0.1, 0.15) is 37.9 Å². The van der Waals surface area contributed by atoms with Gasteiger partial charge in [0.25, 0.3) is 0 Å². The van der Waals surface area contributed by atoms with E-state index in [0.717, 1.165) is 18.5 Å². The van der Waals surface area contributed by atoms with Gasteiger partial charge in [0.2, 0.25) is 0 Å². The molecule has 0 aromatic heterocycles. The Labute approximate surface area is 118 Å². The van der Waals surface area contributed by atoms with Crippen molar-refractivity contribution in [2.24, 2.45) is 5.92 Å². The summed E-state index contributed by atoms with van der Waals surface area (Å²) in [5.74, 6) is 0.702. The second kappa shape index (κ2) is 6.25. The number of aliphatic hydroxyl groups is 1. The van der Waals surface area contributed by atoms with Gasteiger partial charge in [0.15, 0.2) is 0 Å². The van der Waals surface area contributed by atoms with Crippen molar-refractivity contribution in [2.45, 2.75) is 38.3 Å². The normalized spacial score (nSPS) is 26.0. The molecule has 0 aliphatic carbocycles. The fourth-order valence-electron chi connectivity index (χ4n) is 2.57. The molecule has 1 aliphatic rings. The number of halogens is 2. The van der Waals surface area contributed by atoms with Crippen LogP contribution in [0, 0.1) is 5.92 Å². The molecule has 2 nitrogen and oxygen atoms in total. The predicted octanol–water partition coefficient (Wildman–Crippen LogP) is 3.81. The molecule has 4 heteroatoms. The minimum absolute atomic E-state index is 0.112. The van der Waals surface area contributed by atoms with E-state index < -0.39 is 6.10 Å². The number of piperidine rings is 1. The lowest BCUT2D eigenvalue weighted by atomic mass is 9.86. The zero-order chi connectivity index (χ0) is 13.1. The Morgan fingerprint density at radius 1 is 1.39 bits per heavy atom. The average molecular weight is 288 g/mol.